The summed E-state index contributed by atoms with van der Waals surface area (Å²) in [6.45, 7) is 1.45. The Morgan fingerprint density at radius 1 is 0.833 bits per heavy atom. The summed E-state index contributed by atoms with van der Waals surface area (Å²) >= 11 is 0. The largest absolute Gasteiger partial charge is 0.250 e. The molecule has 6 heteroatoms. The van der Waals surface area contributed by atoms with Crippen LogP contribution in [0.2, 0.25) is 0 Å². The van der Waals surface area contributed by atoms with Gasteiger partial charge in [-0.1, -0.05) is 0 Å². The van der Waals surface area contributed by atoms with Crippen LogP contribution in [0.25, 0.3) is 11.3 Å². The van der Waals surface area contributed by atoms with Crippen LogP contribution in [0, 0.1) is 36.0 Å². The van der Waals surface area contributed by atoms with Gasteiger partial charge in [-0.05, 0) is 19.1 Å². The first-order valence-corrected chi connectivity index (χ1v) is 4.88. The second kappa shape index (κ2) is 4.36. The third kappa shape index (κ3) is 1.94. The van der Waals surface area contributed by atoms with E-state index in [0.717, 1.165) is 6.07 Å². The lowest BCUT2D eigenvalue weighted by atomic mass is 10.1. The Bertz CT molecular complexity index is 598. The minimum Gasteiger partial charge on any atom is -0.250 e. The maximum atomic E-state index is 13.5. The molecule has 2 aromatic rings. The zero-order chi connectivity index (χ0) is 13.4. The Balaban J connectivity index is 2.82. The Hall–Kier alpha value is -1.98. The van der Waals surface area contributed by atoms with Gasteiger partial charge in [0.2, 0.25) is 0 Å². The quantitative estimate of drug-likeness (QED) is 0.561. The van der Waals surface area contributed by atoms with Gasteiger partial charge in [0, 0.05) is 11.8 Å². The Labute approximate surface area is 98.9 Å². The standard InChI is InChI=1S/C12H6F5N/c1-5-2-3-6(13)12(18-5)9-10(16)7(14)4-8(15)11(9)17/h2-4H,1H3. The first kappa shape index (κ1) is 12.5. The molecular weight excluding hydrogens is 253 g/mol. The molecule has 0 atom stereocenters. The predicted molar refractivity (Wildman–Crippen MR) is 54.2 cm³/mol. The molecule has 0 N–H and O–H groups in total. The number of hydrogen-bond donors (Lipinski definition) is 0. The Kier molecular flexibility index (Phi) is 3.02. The molecule has 0 spiro atoms. The van der Waals surface area contributed by atoms with Gasteiger partial charge >= 0.3 is 0 Å². The molecule has 94 valence electrons. The second-order valence-corrected chi connectivity index (χ2v) is 3.63. The van der Waals surface area contributed by atoms with E-state index in [1.807, 2.05) is 0 Å². The van der Waals surface area contributed by atoms with Gasteiger partial charge in [-0.3, -0.25) is 0 Å². The van der Waals surface area contributed by atoms with Crippen LogP contribution in [-0.2, 0) is 0 Å². The number of benzene rings is 1. The van der Waals surface area contributed by atoms with Crippen molar-refractivity contribution in [2.24, 2.45) is 0 Å². The number of halogens is 5. The molecule has 2 rings (SSSR count). The average Bonchev–Trinajstić information content (AvgIpc) is 2.31. The molecule has 1 nitrogen and oxygen atoms in total. The number of aryl methyl sites for hydroxylation is 1. The topological polar surface area (TPSA) is 12.9 Å². The molecule has 1 aromatic carbocycles. The van der Waals surface area contributed by atoms with Gasteiger partial charge in [0.05, 0.1) is 5.56 Å². The molecule has 0 aliphatic rings. The van der Waals surface area contributed by atoms with Gasteiger partial charge in [0.25, 0.3) is 0 Å². The van der Waals surface area contributed by atoms with Crippen molar-refractivity contribution in [2.45, 2.75) is 6.92 Å². The van der Waals surface area contributed by atoms with Gasteiger partial charge in [-0.15, -0.1) is 0 Å². The maximum absolute atomic E-state index is 13.5. The highest BCUT2D eigenvalue weighted by Gasteiger charge is 2.23. The van der Waals surface area contributed by atoms with Crippen LogP contribution < -0.4 is 0 Å². The molecular formula is C12H6F5N. The smallest absolute Gasteiger partial charge is 0.171 e. The van der Waals surface area contributed by atoms with Crippen LogP contribution in [0.5, 0.6) is 0 Å². The second-order valence-electron chi connectivity index (χ2n) is 3.63. The van der Waals surface area contributed by atoms with Gasteiger partial charge < -0.3 is 0 Å². The lowest BCUT2D eigenvalue weighted by Crippen LogP contribution is -2.02. The molecule has 0 radical (unpaired) electrons. The molecule has 0 aliphatic carbocycles. The molecule has 0 fully saturated rings. The van der Waals surface area contributed by atoms with Gasteiger partial charge in [0.1, 0.15) is 11.5 Å². The van der Waals surface area contributed by atoms with E-state index < -0.39 is 40.3 Å². The summed E-state index contributed by atoms with van der Waals surface area (Å²) in [6, 6.07) is 2.24. The third-order valence-corrected chi connectivity index (χ3v) is 2.33. The first-order chi connectivity index (χ1) is 8.41. The molecule has 0 saturated carbocycles. The molecule has 18 heavy (non-hydrogen) atoms. The fourth-order valence-electron chi connectivity index (χ4n) is 1.50. The van der Waals surface area contributed by atoms with E-state index in [2.05, 4.69) is 4.98 Å². The van der Waals surface area contributed by atoms with E-state index in [4.69, 9.17) is 0 Å². The van der Waals surface area contributed by atoms with E-state index in [9.17, 15) is 22.0 Å². The van der Waals surface area contributed by atoms with E-state index in [1.165, 1.54) is 13.0 Å². The van der Waals surface area contributed by atoms with E-state index in [1.54, 1.807) is 0 Å². The van der Waals surface area contributed by atoms with Gasteiger partial charge in [0.15, 0.2) is 23.3 Å². The maximum Gasteiger partial charge on any atom is 0.171 e. The Morgan fingerprint density at radius 2 is 1.39 bits per heavy atom. The zero-order valence-electron chi connectivity index (χ0n) is 9.07. The molecule has 0 unspecified atom stereocenters. The van der Waals surface area contributed by atoms with Gasteiger partial charge in [-0.2, -0.15) is 0 Å². The number of aromatic nitrogens is 1. The minimum absolute atomic E-state index is 0.0574. The highest BCUT2D eigenvalue weighted by molar-refractivity contribution is 5.62. The third-order valence-electron chi connectivity index (χ3n) is 2.33. The predicted octanol–water partition coefficient (Wildman–Crippen LogP) is 3.75. The molecule has 1 heterocycles. The normalized spacial score (nSPS) is 10.8. The summed E-state index contributed by atoms with van der Waals surface area (Å²) in [5.74, 6) is -7.63. The summed E-state index contributed by atoms with van der Waals surface area (Å²) in [5, 5.41) is 0. The van der Waals surface area contributed by atoms with Crippen LogP contribution in [0.15, 0.2) is 18.2 Å². The molecule has 0 amide bonds. The SMILES string of the molecule is Cc1ccc(F)c(-c2c(F)c(F)cc(F)c2F)n1. The highest BCUT2D eigenvalue weighted by Crippen LogP contribution is 2.30. The van der Waals surface area contributed by atoms with Crippen LogP contribution in [0.3, 0.4) is 0 Å². The average molecular weight is 259 g/mol. The molecule has 0 aliphatic heterocycles. The van der Waals surface area contributed by atoms with Crippen molar-refractivity contribution in [1.29, 1.82) is 0 Å². The van der Waals surface area contributed by atoms with Crippen molar-refractivity contribution in [3.05, 3.63) is 53.0 Å². The lowest BCUT2D eigenvalue weighted by molar-refractivity contribution is 0.456. The fourth-order valence-corrected chi connectivity index (χ4v) is 1.50. The molecule has 0 bridgehead atoms. The Morgan fingerprint density at radius 3 is 1.94 bits per heavy atom. The number of nitrogens with zero attached hydrogens (tertiary/aromatic N) is 1. The molecule has 0 saturated heterocycles. The highest BCUT2D eigenvalue weighted by atomic mass is 19.2. The minimum atomic E-state index is -1.68. The van der Waals surface area contributed by atoms with Crippen LogP contribution in [0.4, 0.5) is 22.0 Å². The fraction of sp³-hybridized carbons (Fsp3) is 0.0833. The van der Waals surface area contributed by atoms with Crippen molar-refractivity contribution in [3.8, 4) is 11.3 Å². The van der Waals surface area contributed by atoms with Crippen molar-refractivity contribution in [3.63, 3.8) is 0 Å². The summed E-state index contributed by atoms with van der Waals surface area (Å²) in [6.07, 6.45) is 0. The monoisotopic (exact) mass is 259 g/mol. The summed E-state index contributed by atoms with van der Waals surface area (Å²) in [7, 11) is 0. The first-order valence-electron chi connectivity index (χ1n) is 4.88. The van der Waals surface area contributed by atoms with Gasteiger partial charge in [-0.25, -0.2) is 26.9 Å². The van der Waals surface area contributed by atoms with Crippen LogP contribution in [0.1, 0.15) is 5.69 Å². The summed E-state index contributed by atoms with van der Waals surface area (Å²) in [4.78, 5) is 3.56. The van der Waals surface area contributed by atoms with Crippen molar-refractivity contribution >= 4 is 0 Å². The van der Waals surface area contributed by atoms with E-state index in [0.29, 0.717) is 0 Å². The van der Waals surface area contributed by atoms with Crippen molar-refractivity contribution in [1.82, 2.24) is 4.98 Å². The number of hydrogen-bond acceptors (Lipinski definition) is 1. The van der Waals surface area contributed by atoms with Crippen molar-refractivity contribution in [2.75, 3.05) is 0 Å². The lowest BCUT2D eigenvalue weighted by Gasteiger charge is -2.08. The van der Waals surface area contributed by atoms with E-state index >= 15 is 0 Å². The zero-order valence-corrected chi connectivity index (χ0v) is 9.07. The van der Waals surface area contributed by atoms with Crippen LogP contribution in [-0.4, -0.2) is 4.98 Å². The number of rotatable bonds is 1. The van der Waals surface area contributed by atoms with Crippen LogP contribution >= 0.6 is 0 Å². The number of pyridine rings is 1. The van der Waals surface area contributed by atoms with E-state index in [-0.39, 0.29) is 11.8 Å². The molecule has 1 aromatic heterocycles. The van der Waals surface area contributed by atoms with Crippen molar-refractivity contribution < 1.29 is 22.0 Å². The summed E-state index contributed by atoms with van der Waals surface area (Å²) in [5.41, 5.74) is -1.65. The summed E-state index contributed by atoms with van der Waals surface area (Å²) < 4.78 is 66.4.